The number of carbonyl (C=O) groups is 1. The summed E-state index contributed by atoms with van der Waals surface area (Å²) in [6, 6.07) is 4.63. The SMILES string of the molecule is CCOc1ccc(Br)cc1S(=O)(=O)NCC(C)C(=O)O. The Bertz CT molecular complexity index is 588. The Labute approximate surface area is 126 Å². The van der Waals surface area contributed by atoms with Crippen LogP contribution in [0, 0.1) is 5.92 Å². The maximum absolute atomic E-state index is 12.2. The molecule has 0 aromatic heterocycles. The first-order chi connectivity index (χ1) is 9.27. The van der Waals surface area contributed by atoms with Crippen LogP contribution in [0.5, 0.6) is 5.75 Å². The molecule has 2 N–H and O–H groups in total. The van der Waals surface area contributed by atoms with Gasteiger partial charge in [0.2, 0.25) is 10.0 Å². The van der Waals surface area contributed by atoms with E-state index >= 15 is 0 Å². The van der Waals surface area contributed by atoms with Crippen LogP contribution in [0.25, 0.3) is 0 Å². The number of nitrogens with one attached hydrogen (secondary N) is 1. The number of carboxylic acid groups (broad SMARTS) is 1. The van der Waals surface area contributed by atoms with E-state index in [9.17, 15) is 13.2 Å². The Kier molecular flexibility index (Phi) is 5.97. The lowest BCUT2D eigenvalue weighted by atomic mass is 10.2. The lowest BCUT2D eigenvalue weighted by Crippen LogP contribution is -2.31. The monoisotopic (exact) mass is 365 g/mol. The zero-order chi connectivity index (χ0) is 15.3. The molecule has 0 fully saturated rings. The van der Waals surface area contributed by atoms with Crippen molar-refractivity contribution in [1.29, 1.82) is 0 Å². The lowest BCUT2D eigenvalue weighted by molar-refractivity contribution is -0.140. The molecule has 1 atom stereocenters. The summed E-state index contributed by atoms with van der Waals surface area (Å²) < 4.78 is 32.5. The van der Waals surface area contributed by atoms with Crippen molar-refractivity contribution in [2.45, 2.75) is 18.7 Å². The number of benzene rings is 1. The van der Waals surface area contributed by atoms with E-state index in [1.807, 2.05) is 0 Å². The minimum atomic E-state index is -3.83. The van der Waals surface area contributed by atoms with Crippen molar-refractivity contribution in [1.82, 2.24) is 4.72 Å². The molecular formula is C12H16BrNO5S. The summed E-state index contributed by atoms with van der Waals surface area (Å²) >= 11 is 3.20. The number of aliphatic carboxylic acids is 1. The van der Waals surface area contributed by atoms with Gasteiger partial charge in [-0.15, -0.1) is 0 Å². The molecule has 20 heavy (non-hydrogen) atoms. The third kappa shape index (κ3) is 4.46. The predicted octanol–water partition coefficient (Wildman–Crippen LogP) is 1.85. The zero-order valence-corrected chi connectivity index (χ0v) is 13.5. The number of hydrogen-bond acceptors (Lipinski definition) is 4. The Morgan fingerprint density at radius 3 is 2.70 bits per heavy atom. The summed E-state index contributed by atoms with van der Waals surface area (Å²) in [6.07, 6.45) is 0. The van der Waals surface area contributed by atoms with Gasteiger partial charge in [-0.1, -0.05) is 22.9 Å². The molecule has 0 spiro atoms. The molecule has 1 aromatic carbocycles. The molecule has 0 radical (unpaired) electrons. The highest BCUT2D eigenvalue weighted by atomic mass is 79.9. The van der Waals surface area contributed by atoms with Crippen LogP contribution in [0.1, 0.15) is 13.8 Å². The van der Waals surface area contributed by atoms with E-state index in [0.29, 0.717) is 11.1 Å². The van der Waals surface area contributed by atoms with E-state index in [2.05, 4.69) is 20.7 Å². The van der Waals surface area contributed by atoms with Crippen LogP contribution >= 0.6 is 15.9 Å². The van der Waals surface area contributed by atoms with Crippen LogP contribution in [0.4, 0.5) is 0 Å². The molecule has 0 saturated heterocycles. The summed E-state index contributed by atoms with van der Waals surface area (Å²) in [7, 11) is -3.83. The summed E-state index contributed by atoms with van der Waals surface area (Å²) in [5, 5.41) is 8.77. The molecule has 8 heteroatoms. The van der Waals surface area contributed by atoms with Crippen molar-refractivity contribution in [3.05, 3.63) is 22.7 Å². The zero-order valence-electron chi connectivity index (χ0n) is 11.1. The quantitative estimate of drug-likeness (QED) is 0.768. The number of rotatable bonds is 7. The van der Waals surface area contributed by atoms with Crippen molar-refractivity contribution in [3.8, 4) is 5.75 Å². The van der Waals surface area contributed by atoms with Crippen molar-refractivity contribution in [2.24, 2.45) is 5.92 Å². The van der Waals surface area contributed by atoms with Gasteiger partial charge in [0.25, 0.3) is 0 Å². The predicted molar refractivity (Wildman–Crippen MR) is 77.3 cm³/mol. The first kappa shape index (κ1) is 16.9. The number of ether oxygens (including phenoxy) is 1. The van der Waals surface area contributed by atoms with Gasteiger partial charge in [0, 0.05) is 11.0 Å². The van der Waals surface area contributed by atoms with Gasteiger partial charge >= 0.3 is 5.97 Å². The normalized spacial score (nSPS) is 12.9. The molecular weight excluding hydrogens is 350 g/mol. The van der Waals surface area contributed by atoms with Gasteiger partial charge < -0.3 is 9.84 Å². The minimum absolute atomic E-state index is 0.0219. The highest BCUT2D eigenvalue weighted by molar-refractivity contribution is 9.10. The summed E-state index contributed by atoms with van der Waals surface area (Å²) in [5.74, 6) is -1.65. The number of hydrogen-bond donors (Lipinski definition) is 2. The van der Waals surface area contributed by atoms with Crippen LogP contribution in [0.15, 0.2) is 27.6 Å². The molecule has 0 aliphatic carbocycles. The second kappa shape index (κ2) is 7.05. The largest absolute Gasteiger partial charge is 0.492 e. The number of carboxylic acids is 1. The molecule has 0 aliphatic rings. The maximum Gasteiger partial charge on any atom is 0.307 e. The first-order valence-corrected chi connectivity index (χ1v) is 8.20. The van der Waals surface area contributed by atoms with Gasteiger partial charge in [0.05, 0.1) is 12.5 Å². The number of sulfonamides is 1. The smallest absolute Gasteiger partial charge is 0.307 e. The van der Waals surface area contributed by atoms with E-state index in [1.165, 1.54) is 13.0 Å². The van der Waals surface area contributed by atoms with Gasteiger partial charge in [0.15, 0.2) is 0 Å². The fourth-order valence-corrected chi connectivity index (χ4v) is 3.18. The van der Waals surface area contributed by atoms with E-state index in [0.717, 1.165) is 0 Å². The molecule has 1 rings (SSSR count). The van der Waals surface area contributed by atoms with Gasteiger partial charge in [-0.2, -0.15) is 0 Å². The Morgan fingerprint density at radius 1 is 1.50 bits per heavy atom. The van der Waals surface area contributed by atoms with Crippen LogP contribution in [-0.2, 0) is 14.8 Å². The lowest BCUT2D eigenvalue weighted by Gasteiger charge is -2.13. The molecule has 112 valence electrons. The molecule has 6 nitrogen and oxygen atoms in total. The average molecular weight is 366 g/mol. The molecule has 1 unspecified atom stereocenters. The number of halogens is 1. The van der Waals surface area contributed by atoms with Crippen LogP contribution in [-0.4, -0.2) is 32.6 Å². The fourth-order valence-electron chi connectivity index (χ4n) is 1.37. The summed E-state index contributed by atoms with van der Waals surface area (Å²) in [6.45, 7) is 3.32. The van der Waals surface area contributed by atoms with Crippen molar-refractivity contribution < 1.29 is 23.1 Å². The van der Waals surface area contributed by atoms with E-state index in [4.69, 9.17) is 9.84 Å². The molecule has 0 saturated carbocycles. The molecule has 0 aliphatic heterocycles. The van der Waals surface area contributed by atoms with E-state index in [-0.39, 0.29) is 17.2 Å². The Morgan fingerprint density at radius 2 is 2.15 bits per heavy atom. The Hall–Kier alpha value is -1.12. The topological polar surface area (TPSA) is 92.7 Å². The molecule has 0 amide bonds. The summed E-state index contributed by atoms with van der Waals surface area (Å²) in [5.41, 5.74) is 0. The summed E-state index contributed by atoms with van der Waals surface area (Å²) in [4.78, 5) is 10.7. The van der Waals surface area contributed by atoms with Gasteiger partial charge in [0.1, 0.15) is 10.6 Å². The van der Waals surface area contributed by atoms with Crippen LogP contribution in [0.3, 0.4) is 0 Å². The standard InChI is InChI=1S/C12H16BrNO5S/c1-3-19-10-5-4-9(13)6-11(10)20(17,18)14-7-8(2)12(15)16/h4-6,8,14H,3,7H2,1-2H3,(H,15,16). The van der Waals surface area contributed by atoms with Crippen LogP contribution < -0.4 is 9.46 Å². The maximum atomic E-state index is 12.2. The van der Waals surface area contributed by atoms with Crippen LogP contribution in [0.2, 0.25) is 0 Å². The highest BCUT2D eigenvalue weighted by Gasteiger charge is 2.22. The second-order valence-electron chi connectivity index (χ2n) is 4.12. The van der Waals surface area contributed by atoms with Crippen molar-refractivity contribution in [3.63, 3.8) is 0 Å². The molecule has 0 heterocycles. The third-order valence-electron chi connectivity index (χ3n) is 2.50. The van der Waals surface area contributed by atoms with Gasteiger partial charge in [-0.3, -0.25) is 4.79 Å². The third-order valence-corrected chi connectivity index (χ3v) is 4.43. The molecule has 0 bridgehead atoms. The molecule has 1 aromatic rings. The average Bonchev–Trinajstić information content (AvgIpc) is 2.38. The highest BCUT2D eigenvalue weighted by Crippen LogP contribution is 2.27. The fraction of sp³-hybridized carbons (Fsp3) is 0.417. The second-order valence-corrected chi connectivity index (χ2v) is 6.77. The van der Waals surface area contributed by atoms with Gasteiger partial charge in [-0.25, -0.2) is 13.1 Å². The van der Waals surface area contributed by atoms with Crippen molar-refractivity contribution in [2.75, 3.05) is 13.2 Å². The first-order valence-electron chi connectivity index (χ1n) is 5.92. The van der Waals surface area contributed by atoms with Crippen molar-refractivity contribution >= 4 is 31.9 Å². The minimum Gasteiger partial charge on any atom is -0.492 e. The van der Waals surface area contributed by atoms with E-state index < -0.39 is 21.9 Å². The Balaban J connectivity index is 3.02. The van der Waals surface area contributed by atoms with Gasteiger partial charge in [-0.05, 0) is 25.1 Å². The van der Waals surface area contributed by atoms with E-state index in [1.54, 1.807) is 19.1 Å².